The third kappa shape index (κ3) is 2.40. The molecule has 0 fully saturated rings. The molecule has 0 N–H and O–H groups in total. The number of esters is 1. The summed E-state index contributed by atoms with van der Waals surface area (Å²) in [5.41, 5.74) is 1.85. The number of ketones is 1. The maximum atomic E-state index is 12.2. The lowest BCUT2D eigenvalue weighted by Crippen LogP contribution is -2.35. The lowest BCUT2D eigenvalue weighted by Gasteiger charge is -2.30. The van der Waals surface area contributed by atoms with Crippen molar-refractivity contribution >= 4 is 28.9 Å². The van der Waals surface area contributed by atoms with E-state index < -0.39 is 5.41 Å². The number of methoxy groups -OCH3 is 1. The molecule has 0 spiro atoms. The standard InChI is InChI=1S/C15H13ClO3.C2H6/c1-19-14(18)15-6-5-10(17)7-11(15)13-9(8-15)3-2-4-12(13)16;1-2/h2-4,7H,5-6,8H2,1H3;1-2H3. The van der Waals surface area contributed by atoms with Crippen molar-refractivity contribution in [2.75, 3.05) is 7.11 Å². The summed E-state index contributed by atoms with van der Waals surface area (Å²) in [5.74, 6) is -0.235. The molecule has 4 heteroatoms. The molecule has 0 aliphatic heterocycles. The van der Waals surface area contributed by atoms with Crippen LogP contribution in [0, 0.1) is 5.41 Å². The lowest BCUT2D eigenvalue weighted by atomic mass is 9.72. The Bertz CT molecular complexity index is 618. The fraction of sp³-hybridized carbons (Fsp3) is 0.412. The minimum absolute atomic E-state index is 0.0438. The Kier molecular flexibility index (Phi) is 4.52. The van der Waals surface area contributed by atoms with Gasteiger partial charge < -0.3 is 4.74 Å². The maximum absolute atomic E-state index is 12.2. The van der Waals surface area contributed by atoms with Crippen molar-refractivity contribution in [1.29, 1.82) is 0 Å². The minimum Gasteiger partial charge on any atom is -0.468 e. The molecule has 3 nitrogen and oxygen atoms in total. The first-order valence-corrected chi connectivity index (χ1v) is 7.57. The van der Waals surface area contributed by atoms with Crippen LogP contribution in [0.15, 0.2) is 24.3 Å². The Balaban J connectivity index is 0.000000774. The van der Waals surface area contributed by atoms with Crippen LogP contribution in [0.4, 0.5) is 0 Å². The van der Waals surface area contributed by atoms with Crippen LogP contribution in [0.3, 0.4) is 0 Å². The van der Waals surface area contributed by atoms with E-state index in [1.54, 1.807) is 12.1 Å². The number of halogens is 1. The molecule has 0 amide bonds. The molecule has 0 saturated carbocycles. The minimum atomic E-state index is -0.726. The van der Waals surface area contributed by atoms with Gasteiger partial charge in [-0.3, -0.25) is 9.59 Å². The molecule has 2 aliphatic carbocycles. The second kappa shape index (κ2) is 6.02. The molecule has 0 bridgehead atoms. The van der Waals surface area contributed by atoms with Crippen LogP contribution in [0.1, 0.15) is 37.8 Å². The second-order valence-corrected chi connectivity index (χ2v) is 5.46. The molecular formula is C17H19ClO3. The van der Waals surface area contributed by atoms with E-state index in [0.29, 0.717) is 24.3 Å². The van der Waals surface area contributed by atoms with E-state index in [2.05, 4.69) is 0 Å². The zero-order chi connectivity index (χ0) is 15.6. The summed E-state index contributed by atoms with van der Waals surface area (Å²) in [6.07, 6.45) is 3.01. The van der Waals surface area contributed by atoms with Gasteiger partial charge >= 0.3 is 5.97 Å². The maximum Gasteiger partial charge on any atom is 0.316 e. The van der Waals surface area contributed by atoms with E-state index in [9.17, 15) is 9.59 Å². The van der Waals surface area contributed by atoms with Crippen LogP contribution in [0.5, 0.6) is 0 Å². The van der Waals surface area contributed by atoms with Crippen molar-refractivity contribution in [3.8, 4) is 0 Å². The van der Waals surface area contributed by atoms with Gasteiger partial charge in [0, 0.05) is 17.0 Å². The van der Waals surface area contributed by atoms with Crippen LogP contribution >= 0.6 is 11.6 Å². The van der Waals surface area contributed by atoms with Gasteiger partial charge in [-0.1, -0.05) is 37.6 Å². The second-order valence-electron chi connectivity index (χ2n) is 5.05. The molecule has 0 heterocycles. The molecule has 2 aliphatic rings. The van der Waals surface area contributed by atoms with Gasteiger partial charge in [0.15, 0.2) is 5.78 Å². The van der Waals surface area contributed by atoms with E-state index in [4.69, 9.17) is 16.3 Å². The van der Waals surface area contributed by atoms with Gasteiger partial charge in [0.2, 0.25) is 0 Å². The first-order valence-electron chi connectivity index (χ1n) is 7.20. The number of carbonyl (C=O) groups excluding carboxylic acids is 2. The predicted octanol–water partition coefficient (Wildman–Crippen LogP) is 3.83. The van der Waals surface area contributed by atoms with Gasteiger partial charge in [-0.05, 0) is 36.1 Å². The Hall–Kier alpha value is -1.61. The van der Waals surface area contributed by atoms with E-state index in [0.717, 1.165) is 16.7 Å². The molecule has 21 heavy (non-hydrogen) atoms. The largest absolute Gasteiger partial charge is 0.468 e. The number of rotatable bonds is 1. The van der Waals surface area contributed by atoms with E-state index in [1.807, 2.05) is 26.0 Å². The van der Waals surface area contributed by atoms with Crippen molar-refractivity contribution in [3.05, 3.63) is 40.4 Å². The molecule has 0 radical (unpaired) electrons. The first-order chi connectivity index (χ1) is 10.1. The van der Waals surface area contributed by atoms with Crippen molar-refractivity contribution in [3.63, 3.8) is 0 Å². The van der Waals surface area contributed by atoms with Crippen LogP contribution < -0.4 is 0 Å². The Morgan fingerprint density at radius 2 is 2.05 bits per heavy atom. The van der Waals surface area contributed by atoms with Crippen molar-refractivity contribution in [2.45, 2.75) is 33.1 Å². The SMILES string of the molecule is CC.COC(=O)C12CCC(=O)C=C1c1c(Cl)cccc1C2. The smallest absolute Gasteiger partial charge is 0.316 e. The summed E-state index contributed by atoms with van der Waals surface area (Å²) in [6.45, 7) is 4.00. The molecule has 1 unspecified atom stereocenters. The summed E-state index contributed by atoms with van der Waals surface area (Å²) in [6, 6.07) is 5.61. The number of allylic oxidation sites excluding steroid dienone is 1. The van der Waals surface area contributed by atoms with Gasteiger partial charge in [-0.15, -0.1) is 0 Å². The van der Waals surface area contributed by atoms with Crippen LogP contribution in [-0.2, 0) is 20.7 Å². The summed E-state index contributed by atoms with van der Waals surface area (Å²) >= 11 is 6.24. The third-order valence-corrected chi connectivity index (χ3v) is 4.37. The Morgan fingerprint density at radius 1 is 1.33 bits per heavy atom. The summed E-state index contributed by atoms with van der Waals surface area (Å²) < 4.78 is 4.97. The zero-order valence-corrected chi connectivity index (χ0v) is 13.3. The quantitative estimate of drug-likeness (QED) is 0.741. The number of fused-ring (bicyclic) bond motifs is 3. The van der Waals surface area contributed by atoms with E-state index >= 15 is 0 Å². The number of carbonyl (C=O) groups is 2. The predicted molar refractivity (Wildman–Crippen MR) is 83.2 cm³/mol. The molecule has 0 aromatic heterocycles. The van der Waals surface area contributed by atoms with Gasteiger partial charge in [0.25, 0.3) is 0 Å². The number of benzene rings is 1. The van der Waals surface area contributed by atoms with Crippen molar-refractivity contribution in [2.24, 2.45) is 5.41 Å². The lowest BCUT2D eigenvalue weighted by molar-refractivity contribution is -0.149. The average molecular weight is 307 g/mol. The highest BCUT2D eigenvalue weighted by Gasteiger charge is 2.51. The fourth-order valence-corrected chi connectivity index (χ4v) is 3.46. The molecule has 1 aromatic carbocycles. The van der Waals surface area contributed by atoms with Crippen molar-refractivity contribution in [1.82, 2.24) is 0 Å². The number of ether oxygens (including phenoxy) is 1. The van der Waals surface area contributed by atoms with Gasteiger partial charge in [-0.2, -0.15) is 0 Å². The third-order valence-electron chi connectivity index (χ3n) is 4.06. The van der Waals surface area contributed by atoms with Crippen molar-refractivity contribution < 1.29 is 14.3 Å². The molecule has 1 aromatic rings. The normalized spacial score (nSPS) is 22.5. The van der Waals surface area contributed by atoms with Crippen LogP contribution in [0.25, 0.3) is 5.57 Å². The molecule has 112 valence electrons. The molecule has 0 saturated heterocycles. The molecule has 3 rings (SSSR count). The molecule has 1 atom stereocenters. The Labute approximate surface area is 129 Å². The highest BCUT2D eigenvalue weighted by atomic mass is 35.5. The number of hydrogen-bond donors (Lipinski definition) is 0. The number of hydrogen-bond acceptors (Lipinski definition) is 3. The van der Waals surface area contributed by atoms with Crippen LogP contribution in [0.2, 0.25) is 5.02 Å². The zero-order valence-electron chi connectivity index (χ0n) is 12.5. The summed E-state index contributed by atoms with van der Waals surface area (Å²) in [4.78, 5) is 23.9. The summed E-state index contributed by atoms with van der Waals surface area (Å²) in [5, 5.41) is 0.587. The summed E-state index contributed by atoms with van der Waals surface area (Å²) in [7, 11) is 1.38. The Morgan fingerprint density at radius 3 is 2.71 bits per heavy atom. The van der Waals surface area contributed by atoms with Gasteiger partial charge in [0.05, 0.1) is 12.5 Å². The monoisotopic (exact) mass is 306 g/mol. The van der Waals surface area contributed by atoms with E-state index in [-0.39, 0.29) is 11.8 Å². The van der Waals surface area contributed by atoms with Gasteiger partial charge in [0.1, 0.15) is 0 Å². The first kappa shape index (κ1) is 15.8. The fourth-order valence-electron chi connectivity index (χ4n) is 3.16. The van der Waals surface area contributed by atoms with E-state index in [1.165, 1.54) is 7.11 Å². The van der Waals surface area contributed by atoms with Gasteiger partial charge in [-0.25, -0.2) is 0 Å². The van der Waals surface area contributed by atoms with Crippen LogP contribution in [-0.4, -0.2) is 18.9 Å². The molecular weight excluding hydrogens is 288 g/mol. The topological polar surface area (TPSA) is 43.4 Å². The average Bonchev–Trinajstić information content (AvgIpc) is 2.84. The highest BCUT2D eigenvalue weighted by Crippen LogP contribution is 2.54. The highest BCUT2D eigenvalue weighted by molar-refractivity contribution is 6.33.